The number of likely N-dealkylation sites (N-methyl/N-ethyl adjacent to an activating group) is 1. The van der Waals surface area contributed by atoms with Crippen LogP contribution in [0.15, 0.2) is 0 Å². The van der Waals surface area contributed by atoms with Crippen LogP contribution in [0.25, 0.3) is 0 Å². The van der Waals surface area contributed by atoms with Gasteiger partial charge in [0.15, 0.2) is 0 Å². The molecule has 1 amide bonds. The van der Waals surface area contributed by atoms with Gasteiger partial charge >= 0.3 is 0 Å². The normalized spacial score (nSPS) is 24.4. The molecule has 0 aromatic carbocycles. The Labute approximate surface area is 91.0 Å². The number of halogens is 1. The summed E-state index contributed by atoms with van der Waals surface area (Å²) < 4.78 is 0. The van der Waals surface area contributed by atoms with E-state index < -0.39 is 5.38 Å². The maximum atomic E-state index is 11.7. The predicted molar refractivity (Wildman–Crippen MR) is 58.6 cm³/mol. The second-order valence-electron chi connectivity index (χ2n) is 4.21. The van der Waals surface area contributed by atoms with E-state index in [4.69, 9.17) is 11.6 Å². The molecule has 0 radical (unpaired) electrons. The number of hydrogen-bond acceptors (Lipinski definition) is 2. The summed E-state index contributed by atoms with van der Waals surface area (Å²) in [6, 6.07) is 0.360. The van der Waals surface area contributed by atoms with Crippen molar-refractivity contribution in [3.8, 4) is 0 Å². The van der Waals surface area contributed by atoms with Gasteiger partial charge < -0.3 is 9.80 Å². The highest BCUT2D eigenvalue weighted by atomic mass is 35.5. The fourth-order valence-electron chi connectivity index (χ4n) is 1.97. The Morgan fingerprint density at radius 1 is 1.64 bits per heavy atom. The van der Waals surface area contributed by atoms with E-state index in [1.165, 1.54) is 0 Å². The lowest BCUT2D eigenvalue weighted by molar-refractivity contribution is -0.131. The summed E-state index contributed by atoms with van der Waals surface area (Å²) in [5.41, 5.74) is 0. The highest BCUT2D eigenvalue weighted by Crippen LogP contribution is 2.19. The molecule has 1 aliphatic heterocycles. The number of carbonyl (C=O) groups excluding carboxylic acids is 1. The third-order valence-electron chi connectivity index (χ3n) is 2.58. The van der Waals surface area contributed by atoms with Gasteiger partial charge in [-0.2, -0.15) is 0 Å². The zero-order chi connectivity index (χ0) is 10.7. The van der Waals surface area contributed by atoms with Crippen LogP contribution >= 0.6 is 11.6 Å². The Hall–Kier alpha value is -0.280. The largest absolute Gasteiger partial charge is 0.337 e. The van der Waals surface area contributed by atoms with E-state index in [2.05, 4.69) is 4.90 Å². The minimum atomic E-state index is -0.391. The third-order valence-corrected chi connectivity index (χ3v) is 2.76. The second-order valence-corrected chi connectivity index (χ2v) is 4.86. The van der Waals surface area contributed by atoms with E-state index >= 15 is 0 Å². The topological polar surface area (TPSA) is 23.6 Å². The van der Waals surface area contributed by atoms with Crippen LogP contribution in [-0.2, 0) is 4.79 Å². The summed E-state index contributed by atoms with van der Waals surface area (Å²) in [4.78, 5) is 15.8. The molecule has 14 heavy (non-hydrogen) atoms. The number of rotatable bonds is 3. The summed E-state index contributed by atoms with van der Waals surface area (Å²) in [6.45, 7) is 3.55. The number of nitrogens with zero attached hydrogens (tertiary/aromatic N) is 2. The molecule has 1 fully saturated rings. The first-order valence-corrected chi connectivity index (χ1v) is 5.55. The van der Waals surface area contributed by atoms with Gasteiger partial charge in [-0.05, 0) is 33.9 Å². The van der Waals surface area contributed by atoms with Crippen molar-refractivity contribution in [2.75, 3.05) is 27.2 Å². The first kappa shape index (κ1) is 11.8. The van der Waals surface area contributed by atoms with Crippen molar-refractivity contribution in [2.24, 2.45) is 0 Å². The Kier molecular flexibility index (Phi) is 4.20. The van der Waals surface area contributed by atoms with Crippen LogP contribution in [0.2, 0.25) is 0 Å². The molecule has 0 spiro atoms. The van der Waals surface area contributed by atoms with Crippen molar-refractivity contribution in [1.82, 2.24) is 9.80 Å². The highest BCUT2D eigenvalue weighted by Gasteiger charge is 2.30. The number of likely N-dealkylation sites (tertiary alicyclic amines) is 1. The molecule has 0 saturated carbocycles. The van der Waals surface area contributed by atoms with Crippen molar-refractivity contribution in [3.63, 3.8) is 0 Å². The Bertz CT molecular complexity index is 206. The molecule has 1 rings (SSSR count). The molecule has 0 N–H and O–H groups in total. The second kappa shape index (κ2) is 4.99. The molecule has 0 bridgehead atoms. The molecule has 0 aromatic heterocycles. The highest BCUT2D eigenvalue weighted by molar-refractivity contribution is 6.30. The van der Waals surface area contributed by atoms with E-state index in [0.29, 0.717) is 6.04 Å². The SMILES string of the molecule is CC(Cl)C(=O)N1CCCC1CN(C)C. The van der Waals surface area contributed by atoms with Gasteiger partial charge in [0.2, 0.25) is 5.91 Å². The lowest BCUT2D eigenvalue weighted by Gasteiger charge is -2.27. The van der Waals surface area contributed by atoms with Crippen LogP contribution < -0.4 is 0 Å². The van der Waals surface area contributed by atoms with E-state index in [1.54, 1.807) is 6.92 Å². The fraction of sp³-hybridized carbons (Fsp3) is 0.900. The van der Waals surface area contributed by atoms with E-state index in [9.17, 15) is 4.79 Å². The first-order chi connectivity index (χ1) is 6.52. The average molecular weight is 219 g/mol. The Morgan fingerprint density at radius 2 is 2.29 bits per heavy atom. The zero-order valence-electron chi connectivity index (χ0n) is 9.16. The van der Waals surface area contributed by atoms with Crippen LogP contribution in [0.5, 0.6) is 0 Å². The molecule has 0 aromatic rings. The minimum absolute atomic E-state index is 0.0796. The van der Waals surface area contributed by atoms with Crippen LogP contribution in [0.1, 0.15) is 19.8 Å². The molecule has 2 atom stereocenters. The summed E-state index contributed by atoms with van der Waals surface area (Å²) in [7, 11) is 4.07. The smallest absolute Gasteiger partial charge is 0.240 e. The standard InChI is InChI=1S/C10H19ClN2O/c1-8(11)10(14)13-6-4-5-9(13)7-12(2)3/h8-9H,4-7H2,1-3H3. The van der Waals surface area contributed by atoms with Gasteiger partial charge in [-0.1, -0.05) is 0 Å². The first-order valence-electron chi connectivity index (χ1n) is 5.11. The molecule has 0 aliphatic carbocycles. The maximum Gasteiger partial charge on any atom is 0.240 e. The van der Waals surface area contributed by atoms with Gasteiger partial charge in [0.1, 0.15) is 5.38 Å². The average Bonchev–Trinajstić information content (AvgIpc) is 2.49. The molecule has 3 nitrogen and oxygen atoms in total. The third kappa shape index (κ3) is 2.85. The zero-order valence-corrected chi connectivity index (χ0v) is 9.92. The lowest BCUT2D eigenvalue weighted by Crippen LogP contribution is -2.43. The summed E-state index contributed by atoms with van der Waals surface area (Å²) in [5, 5.41) is -0.391. The van der Waals surface area contributed by atoms with Crippen molar-refractivity contribution in [3.05, 3.63) is 0 Å². The molecule has 82 valence electrons. The van der Waals surface area contributed by atoms with Crippen LogP contribution in [0, 0.1) is 0 Å². The quantitative estimate of drug-likeness (QED) is 0.664. The Balaban J connectivity index is 2.55. The molecule has 1 heterocycles. The number of alkyl halides is 1. The fourth-order valence-corrected chi connectivity index (χ4v) is 2.09. The van der Waals surface area contributed by atoms with Gasteiger partial charge in [0.25, 0.3) is 0 Å². The predicted octanol–water partition coefficient (Wildman–Crippen LogP) is 1.17. The summed E-state index contributed by atoms with van der Waals surface area (Å²) >= 11 is 5.81. The summed E-state index contributed by atoms with van der Waals surface area (Å²) in [5.74, 6) is 0.0796. The lowest BCUT2D eigenvalue weighted by atomic mass is 10.2. The van der Waals surface area contributed by atoms with Crippen molar-refractivity contribution in [1.29, 1.82) is 0 Å². The monoisotopic (exact) mass is 218 g/mol. The summed E-state index contributed by atoms with van der Waals surface area (Å²) in [6.07, 6.45) is 2.21. The molecular formula is C10H19ClN2O. The van der Waals surface area contributed by atoms with Crippen molar-refractivity contribution >= 4 is 17.5 Å². The Morgan fingerprint density at radius 3 is 2.79 bits per heavy atom. The van der Waals surface area contributed by atoms with Gasteiger partial charge in [0.05, 0.1) is 0 Å². The molecule has 4 heteroatoms. The number of hydrogen-bond donors (Lipinski definition) is 0. The van der Waals surface area contributed by atoms with E-state index in [0.717, 1.165) is 25.9 Å². The minimum Gasteiger partial charge on any atom is -0.337 e. The van der Waals surface area contributed by atoms with Crippen LogP contribution in [0.3, 0.4) is 0 Å². The van der Waals surface area contributed by atoms with E-state index in [1.807, 2.05) is 19.0 Å². The number of amides is 1. The maximum absolute atomic E-state index is 11.7. The van der Waals surface area contributed by atoms with Crippen molar-refractivity contribution in [2.45, 2.75) is 31.2 Å². The number of carbonyl (C=O) groups is 1. The molecular weight excluding hydrogens is 200 g/mol. The van der Waals surface area contributed by atoms with Gasteiger partial charge in [-0.3, -0.25) is 4.79 Å². The molecule has 2 unspecified atom stereocenters. The van der Waals surface area contributed by atoms with Gasteiger partial charge in [-0.25, -0.2) is 0 Å². The molecule has 1 aliphatic rings. The van der Waals surface area contributed by atoms with Crippen molar-refractivity contribution < 1.29 is 4.79 Å². The van der Waals surface area contributed by atoms with Crippen LogP contribution in [-0.4, -0.2) is 54.3 Å². The van der Waals surface area contributed by atoms with Gasteiger partial charge in [-0.15, -0.1) is 11.6 Å². The van der Waals surface area contributed by atoms with Gasteiger partial charge in [0, 0.05) is 19.1 Å². The molecule has 1 saturated heterocycles. The van der Waals surface area contributed by atoms with Crippen LogP contribution in [0.4, 0.5) is 0 Å². The van der Waals surface area contributed by atoms with E-state index in [-0.39, 0.29) is 5.91 Å².